The second kappa shape index (κ2) is 5.01. The zero-order valence-corrected chi connectivity index (χ0v) is 8.83. The summed E-state index contributed by atoms with van der Waals surface area (Å²) < 4.78 is 0. The number of hydrogen-bond donors (Lipinski definition) is 2. The van der Waals surface area contributed by atoms with Gasteiger partial charge in [0.2, 0.25) is 0 Å². The summed E-state index contributed by atoms with van der Waals surface area (Å²) in [5.74, 6) is 0.679. The summed E-state index contributed by atoms with van der Waals surface area (Å²) in [6.45, 7) is 4.25. The van der Waals surface area contributed by atoms with Crippen molar-refractivity contribution < 1.29 is 10.2 Å². The Morgan fingerprint density at radius 3 is 2.64 bits per heavy atom. The van der Waals surface area contributed by atoms with E-state index in [-0.39, 0.29) is 6.61 Å². The third-order valence-corrected chi connectivity index (χ3v) is 2.51. The molecular weight excluding hydrogens is 176 g/mol. The first-order chi connectivity index (χ1) is 6.65. The molecule has 1 rings (SSSR count). The van der Waals surface area contributed by atoms with Gasteiger partial charge in [-0.25, -0.2) is 0 Å². The highest BCUT2D eigenvalue weighted by molar-refractivity contribution is 5.37. The monoisotopic (exact) mass is 194 g/mol. The van der Waals surface area contributed by atoms with Gasteiger partial charge in [-0.15, -0.1) is 0 Å². The first kappa shape index (κ1) is 11.1. The lowest BCUT2D eigenvalue weighted by molar-refractivity contribution is 0.280. The number of benzene rings is 1. The summed E-state index contributed by atoms with van der Waals surface area (Å²) in [5.41, 5.74) is 2.05. The minimum Gasteiger partial charge on any atom is -0.508 e. The van der Waals surface area contributed by atoms with Crippen molar-refractivity contribution in [1.29, 1.82) is 0 Å². The van der Waals surface area contributed by atoms with Crippen LogP contribution in [0.5, 0.6) is 5.75 Å². The van der Waals surface area contributed by atoms with Crippen LogP contribution in [0.1, 0.15) is 36.8 Å². The average molecular weight is 194 g/mol. The van der Waals surface area contributed by atoms with Crippen molar-refractivity contribution in [3.05, 3.63) is 29.3 Å². The predicted molar refractivity (Wildman–Crippen MR) is 57.6 cm³/mol. The molecule has 0 aliphatic carbocycles. The minimum absolute atomic E-state index is 0.219. The van der Waals surface area contributed by atoms with Crippen LogP contribution in [0.2, 0.25) is 0 Å². The number of aliphatic hydroxyl groups excluding tert-OH is 1. The predicted octanol–water partition coefficient (Wildman–Crippen LogP) is 2.58. The van der Waals surface area contributed by atoms with Crippen LogP contribution in [0.4, 0.5) is 0 Å². The molecule has 0 aromatic heterocycles. The van der Waals surface area contributed by atoms with E-state index < -0.39 is 0 Å². The Labute approximate surface area is 85.2 Å². The van der Waals surface area contributed by atoms with Gasteiger partial charge in [0.05, 0.1) is 0 Å². The molecule has 0 amide bonds. The van der Waals surface area contributed by atoms with Gasteiger partial charge in [-0.05, 0) is 42.9 Å². The van der Waals surface area contributed by atoms with Gasteiger partial charge in [0.15, 0.2) is 0 Å². The molecule has 0 aliphatic heterocycles. The molecule has 0 spiro atoms. The molecule has 14 heavy (non-hydrogen) atoms. The van der Waals surface area contributed by atoms with Crippen LogP contribution in [-0.4, -0.2) is 16.8 Å². The molecule has 0 fully saturated rings. The Kier molecular flexibility index (Phi) is 3.96. The fourth-order valence-electron chi connectivity index (χ4n) is 1.62. The molecule has 1 atom stereocenters. The van der Waals surface area contributed by atoms with Gasteiger partial charge in [0.1, 0.15) is 5.75 Å². The molecule has 78 valence electrons. The molecule has 2 heteroatoms. The maximum atomic E-state index is 9.70. The first-order valence-electron chi connectivity index (χ1n) is 5.05. The zero-order chi connectivity index (χ0) is 10.6. The number of aromatic hydroxyl groups is 1. The van der Waals surface area contributed by atoms with Crippen molar-refractivity contribution in [2.75, 3.05) is 6.61 Å². The van der Waals surface area contributed by atoms with E-state index >= 15 is 0 Å². The van der Waals surface area contributed by atoms with Crippen LogP contribution >= 0.6 is 0 Å². The van der Waals surface area contributed by atoms with Gasteiger partial charge in [0.25, 0.3) is 0 Å². The van der Waals surface area contributed by atoms with Crippen molar-refractivity contribution in [2.45, 2.75) is 32.6 Å². The molecular formula is C12H18O2. The molecule has 0 saturated carbocycles. The number of phenolic OH excluding ortho intramolecular Hbond substituents is 1. The Hall–Kier alpha value is -1.02. The standard InChI is InChI=1S/C12H18O2/c1-9-5-6-11(12(14)8-9)10(2)4-3-7-13/h5-6,8,10,13-14H,3-4,7H2,1-2H3/t10-/m1/s1. The topological polar surface area (TPSA) is 40.5 Å². The SMILES string of the molecule is Cc1ccc([C@H](C)CCCO)c(O)c1. The molecule has 1 aromatic carbocycles. The number of aryl methyl sites for hydroxylation is 1. The third kappa shape index (κ3) is 2.74. The molecule has 2 N–H and O–H groups in total. The lowest BCUT2D eigenvalue weighted by atomic mass is 9.95. The van der Waals surface area contributed by atoms with Crippen LogP contribution in [0, 0.1) is 6.92 Å². The first-order valence-corrected chi connectivity index (χ1v) is 5.05. The Morgan fingerprint density at radius 2 is 2.07 bits per heavy atom. The Balaban J connectivity index is 2.74. The molecule has 0 radical (unpaired) electrons. The molecule has 1 aromatic rings. The fourth-order valence-corrected chi connectivity index (χ4v) is 1.62. The highest BCUT2D eigenvalue weighted by Gasteiger charge is 2.09. The van der Waals surface area contributed by atoms with Crippen LogP contribution in [0.25, 0.3) is 0 Å². The van der Waals surface area contributed by atoms with Gasteiger partial charge < -0.3 is 10.2 Å². The summed E-state index contributed by atoms with van der Waals surface area (Å²) in [7, 11) is 0. The normalized spacial score (nSPS) is 12.8. The van der Waals surface area contributed by atoms with E-state index in [9.17, 15) is 5.11 Å². The van der Waals surface area contributed by atoms with Gasteiger partial charge in [0, 0.05) is 6.61 Å². The smallest absolute Gasteiger partial charge is 0.119 e. The summed E-state index contributed by atoms with van der Waals surface area (Å²) >= 11 is 0. The fraction of sp³-hybridized carbons (Fsp3) is 0.500. The third-order valence-electron chi connectivity index (χ3n) is 2.51. The second-order valence-electron chi connectivity index (χ2n) is 3.83. The van der Waals surface area contributed by atoms with Crippen molar-refractivity contribution in [1.82, 2.24) is 0 Å². The molecule has 0 unspecified atom stereocenters. The van der Waals surface area contributed by atoms with Crippen LogP contribution < -0.4 is 0 Å². The van der Waals surface area contributed by atoms with E-state index in [1.54, 1.807) is 6.07 Å². The molecule has 0 heterocycles. The van der Waals surface area contributed by atoms with E-state index in [0.29, 0.717) is 11.7 Å². The van der Waals surface area contributed by atoms with E-state index in [2.05, 4.69) is 6.92 Å². The second-order valence-corrected chi connectivity index (χ2v) is 3.83. The van der Waals surface area contributed by atoms with Crippen molar-refractivity contribution in [2.24, 2.45) is 0 Å². The van der Waals surface area contributed by atoms with Crippen molar-refractivity contribution >= 4 is 0 Å². The highest BCUT2D eigenvalue weighted by Crippen LogP contribution is 2.29. The lowest BCUT2D eigenvalue weighted by Gasteiger charge is -2.13. The average Bonchev–Trinajstić information content (AvgIpc) is 2.14. The van der Waals surface area contributed by atoms with E-state index in [0.717, 1.165) is 24.0 Å². The number of rotatable bonds is 4. The quantitative estimate of drug-likeness (QED) is 0.773. The largest absolute Gasteiger partial charge is 0.508 e. The zero-order valence-electron chi connectivity index (χ0n) is 8.83. The molecule has 0 bridgehead atoms. The van der Waals surface area contributed by atoms with E-state index in [1.165, 1.54) is 0 Å². The number of phenols is 1. The van der Waals surface area contributed by atoms with E-state index in [4.69, 9.17) is 5.11 Å². The number of aliphatic hydroxyl groups is 1. The van der Waals surface area contributed by atoms with E-state index in [1.807, 2.05) is 19.1 Å². The molecule has 0 saturated heterocycles. The summed E-state index contributed by atoms with van der Waals surface area (Å²) in [6, 6.07) is 5.75. The Morgan fingerprint density at radius 1 is 1.36 bits per heavy atom. The lowest BCUT2D eigenvalue weighted by Crippen LogP contribution is -1.96. The van der Waals surface area contributed by atoms with Gasteiger partial charge in [-0.2, -0.15) is 0 Å². The Bertz CT molecular complexity index is 294. The summed E-state index contributed by atoms with van der Waals surface area (Å²) in [6.07, 6.45) is 1.70. The van der Waals surface area contributed by atoms with Crippen LogP contribution in [0.3, 0.4) is 0 Å². The van der Waals surface area contributed by atoms with Gasteiger partial charge >= 0.3 is 0 Å². The summed E-state index contributed by atoms with van der Waals surface area (Å²) in [5, 5.41) is 18.4. The maximum Gasteiger partial charge on any atom is 0.119 e. The molecule has 2 nitrogen and oxygen atoms in total. The maximum absolute atomic E-state index is 9.70. The number of hydrogen-bond acceptors (Lipinski definition) is 2. The summed E-state index contributed by atoms with van der Waals surface area (Å²) in [4.78, 5) is 0. The minimum atomic E-state index is 0.219. The van der Waals surface area contributed by atoms with Crippen LogP contribution in [0.15, 0.2) is 18.2 Å². The van der Waals surface area contributed by atoms with Gasteiger partial charge in [-0.1, -0.05) is 19.1 Å². The van der Waals surface area contributed by atoms with Crippen LogP contribution in [-0.2, 0) is 0 Å². The van der Waals surface area contributed by atoms with Gasteiger partial charge in [-0.3, -0.25) is 0 Å². The molecule has 0 aliphatic rings. The van der Waals surface area contributed by atoms with Crippen molar-refractivity contribution in [3.8, 4) is 5.75 Å². The highest BCUT2D eigenvalue weighted by atomic mass is 16.3. The van der Waals surface area contributed by atoms with Crippen molar-refractivity contribution in [3.63, 3.8) is 0 Å².